The highest BCUT2D eigenvalue weighted by Gasteiger charge is 2.31. The maximum Gasteiger partial charge on any atom is 0.290 e. The normalized spacial score (nSPS) is 18.9. The molecule has 0 unspecified atom stereocenters. The number of carbonyl (C=O) groups is 2. The molecule has 2 aliphatic heterocycles. The fourth-order valence-electron chi connectivity index (χ4n) is 4.12. The number of nitrogens with two attached hydrogens (primary N) is 1. The first-order valence-corrected chi connectivity index (χ1v) is 10.4. The van der Waals surface area contributed by atoms with Crippen LogP contribution >= 0.6 is 0 Å². The highest BCUT2D eigenvalue weighted by Crippen LogP contribution is 2.32. The Hall–Kier alpha value is -3.88. The number of nitrogens with zero attached hydrogens (tertiary/aromatic N) is 2. The molecular weight excluding hydrogens is 408 g/mol. The molecule has 0 saturated carbocycles. The van der Waals surface area contributed by atoms with Gasteiger partial charge in [-0.3, -0.25) is 15.0 Å². The number of fused-ring (bicyclic) bond motifs is 1. The van der Waals surface area contributed by atoms with E-state index in [9.17, 15) is 9.59 Å². The Morgan fingerprint density at radius 1 is 1.38 bits per heavy atom. The molecule has 9 nitrogen and oxygen atoms in total. The van der Waals surface area contributed by atoms with Crippen molar-refractivity contribution in [1.29, 1.82) is 5.41 Å². The van der Waals surface area contributed by atoms with Crippen LogP contribution in [0.2, 0.25) is 0 Å². The van der Waals surface area contributed by atoms with E-state index in [0.29, 0.717) is 43.0 Å². The first kappa shape index (κ1) is 21.4. The molecule has 0 spiro atoms. The second kappa shape index (κ2) is 8.33. The van der Waals surface area contributed by atoms with E-state index in [1.807, 2.05) is 32.0 Å². The van der Waals surface area contributed by atoms with Gasteiger partial charge in [0, 0.05) is 30.1 Å². The van der Waals surface area contributed by atoms with Gasteiger partial charge in [-0.25, -0.2) is 5.43 Å². The van der Waals surface area contributed by atoms with Crippen LogP contribution in [0.5, 0.6) is 0 Å². The topological polar surface area (TPSA) is 137 Å². The second-order valence-corrected chi connectivity index (χ2v) is 8.07. The number of carbonyl (C=O) groups excluding carboxylic acids is 2. The zero-order valence-corrected chi connectivity index (χ0v) is 18.1. The van der Waals surface area contributed by atoms with Crippen molar-refractivity contribution < 1.29 is 14.0 Å². The molecule has 0 atom stereocenters. The minimum absolute atomic E-state index is 0.00805. The van der Waals surface area contributed by atoms with Crippen molar-refractivity contribution >= 4 is 40.0 Å². The highest BCUT2D eigenvalue weighted by atomic mass is 16.3. The van der Waals surface area contributed by atoms with E-state index in [2.05, 4.69) is 22.4 Å². The van der Waals surface area contributed by atoms with Gasteiger partial charge in [0.2, 0.25) is 5.91 Å². The average molecular weight is 435 g/mol. The van der Waals surface area contributed by atoms with Crippen molar-refractivity contribution in [1.82, 2.24) is 15.6 Å². The van der Waals surface area contributed by atoms with Crippen LogP contribution in [-0.2, 0) is 9.59 Å². The summed E-state index contributed by atoms with van der Waals surface area (Å²) in [6.45, 7) is 8.62. The van der Waals surface area contributed by atoms with Crippen molar-refractivity contribution in [2.75, 3.05) is 13.1 Å². The molecule has 0 bridgehead atoms. The largest absolute Gasteiger partial charge is 0.454 e. The number of benzene rings is 1. The third-order valence-electron chi connectivity index (χ3n) is 5.91. The molecule has 1 aromatic heterocycles. The van der Waals surface area contributed by atoms with Crippen LogP contribution in [0.3, 0.4) is 0 Å². The summed E-state index contributed by atoms with van der Waals surface area (Å²) in [6.07, 6.45) is 2.69. The Labute approximate surface area is 185 Å². The van der Waals surface area contributed by atoms with Crippen LogP contribution in [-0.4, -0.2) is 47.4 Å². The van der Waals surface area contributed by atoms with Gasteiger partial charge in [-0.15, -0.1) is 0 Å². The molecule has 1 aromatic carbocycles. The van der Waals surface area contributed by atoms with Gasteiger partial charge in [0.15, 0.2) is 11.6 Å². The predicted molar refractivity (Wildman–Crippen MR) is 123 cm³/mol. The molecule has 0 aliphatic carbocycles. The molecule has 2 aromatic rings. The summed E-state index contributed by atoms with van der Waals surface area (Å²) >= 11 is 0. The van der Waals surface area contributed by atoms with E-state index >= 15 is 0 Å². The minimum Gasteiger partial charge on any atom is -0.454 e. The van der Waals surface area contributed by atoms with E-state index in [1.165, 1.54) is 6.08 Å². The molecule has 9 heteroatoms. The van der Waals surface area contributed by atoms with Gasteiger partial charge in [-0.1, -0.05) is 18.7 Å². The lowest BCUT2D eigenvalue weighted by atomic mass is 9.98. The number of amides is 2. The van der Waals surface area contributed by atoms with Crippen molar-refractivity contribution in [3.05, 3.63) is 53.3 Å². The predicted octanol–water partition coefficient (Wildman–Crippen LogP) is 1.95. The van der Waals surface area contributed by atoms with E-state index in [0.717, 1.165) is 16.5 Å². The molecule has 166 valence electrons. The molecule has 0 radical (unpaired) electrons. The van der Waals surface area contributed by atoms with E-state index in [1.54, 1.807) is 4.90 Å². The Kier molecular flexibility index (Phi) is 5.56. The van der Waals surface area contributed by atoms with Crippen LogP contribution in [0.15, 0.2) is 45.9 Å². The number of amidine groups is 1. The van der Waals surface area contributed by atoms with Gasteiger partial charge in [-0.05, 0) is 44.4 Å². The summed E-state index contributed by atoms with van der Waals surface area (Å²) in [5.74, 6) is -0.174. The van der Waals surface area contributed by atoms with Gasteiger partial charge in [0.05, 0.1) is 11.3 Å². The number of hydrogen-bond acceptors (Lipinski definition) is 7. The van der Waals surface area contributed by atoms with Crippen LogP contribution in [0, 0.1) is 19.3 Å². The number of hydrogen-bond donors (Lipinski definition) is 4. The number of nitrogens with one attached hydrogen (secondary N) is 3. The highest BCUT2D eigenvalue weighted by molar-refractivity contribution is 6.53. The summed E-state index contributed by atoms with van der Waals surface area (Å²) < 4.78 is 6.21. The van der Waals surface area contributed by atoms with Gasteiger partial charge in [-0.2, -0.15) is 5.10 Å². The van der Waals surface area contributed by atoms with Gasteiger partial charge >= 0.3 is 0 Å². The minimum atomic E-state index is -0.635. The van der Waals surface area contributed by atoms with Crippen LogP contribution < -0.4 is 16.5 Å². The molecule has 2 amide bonds. The quantitative estimate of drug-likeness (QED) is 0.545. The molecule has 5 N–H and O–H groups in total. The smallest absolute Gasteiger partial charge is 0.290 e. The maximum absolute atomic E-state index is 12.2. The molecule has 1 saturated heterocycles. The summed E-state index contributed by atoms with van der Waals surface area (Å²) in [6, 6.07) is 5.94. The number of rotatable bonds is 4. The molecule has 1 fully saturated rings. The molecule has 4 rings (SSSR count). The lowest BCUT2D eigenvalue weighted by molar-refractivity contribution is -0.127. The van der Waals surface area contributed by atoms with Crippen molar-refractivity contribution in [3.63, 3.8) is 0 Å². The fourth-order valence-corrected chi connectivity index (χ4v) is 4.12. The van der Waals surface area contributed by atoms with Gasteiger partial charge in [0.1, 0.15) is 11.3 Å². The third kappa shape index (κ3) is 3.77. The van der Waals surface area contributed by atoms with Crippen LogP contribution in [0.1, 0.15) is 29.7 Å². The summed E-state index contributed by atoms with van der Waals surface area (Å²) in [4.78, 5) is 25.9. The average Bonchev–Trinajstić information content (AvgIpc) is 3.11. The summed E-state index contributed by atoms with van der Waals surface area (Å²) in [7, 11) is 0. The van der Waals surface area contributed by atoms with Gasteiger partial charge in [0.25, 0.3) is 5.91 Å². The monoisotopic (exact) mass is 434 g/mol. The van der Waals surface area contributed by atoms with E-state index < -0.39 is 5.91 Å². The molecule has 32 heavy (non-hydrogen) atoms. The standard InChI is InChI=1S/C23H26N6O3/c1-4-17(30)29-9-7-14(8-10-29)26-20(18-19(24)23(31)28-27-22(18)25)21-13(3)15-6-5-12(2)11-16(15)32-21/h4-6,11,14,24,26H,1,7-10H2,2-3H3,(H2,25,27)(H,28,31)/b20-18+,24-19?. The number of likely N-dealkylation sites (tertiary alicyclic amines) is 1. The number of furan rings is 1. The van der Waals surface area contributed by atoms with Crippen molar-refractivity contribution in [2.24, 2.45) is 10.8 Å². The third-order valence-corrected chi connectivity index (χ3v) is 5.91. The van der Waals surface area contributed by atoms with E-state index in [-0.39, 0.29) is 29.1 Å². The zero-order valence-electron chi connectivity index (χ0n) is 18.1. The first-order valence-electron chi connectivity index (χ1n) is 10.4. The number of piperidine rings is 1. The van der Waals surface area contributed by atoms with Crippen molar-refractivity contribution in [2.45, 2.75) is 32.7 Å². The second-order valence-electron chi connectivity index (χ2n) is 8.07. The molecule has 3 heterocycles. The number of aryl methyl sites for hydroxylation is 2. The Morgan fingerprint density at radius 3 is 2.78 bits per heavy atom. The lowest BCUT2D eigenvalue weighted by Crippen LogP contribution is -2.46. The molecule has 2 aliphatic rings. The Balaban J connectivity index is 1.77. The van der Waals surface area contributed by atoms with Gasteiger partial charge < -0.3 is 20.4 Å². The first-order chi connectivity index (χ1) is 15.3. The van der Waals surface area contributed by atoms with E-state index in [4.69, 9.17) is 15.6 Å². The molecular formula is C23H26N6O3. The summed E-state index contributed by atoms with van der Waals surface area (Å²) in [5, 5.41) is 16.6. The zero-order chi connectivity index (χ0) is 23.0. The van der Waals surface area contributed by atoms with Crippen LogP contribution in [0.4, 0.5) is 0 Å². The summed E-state index contributed by atoms with van der Waals surface area (Å²) in [5.41, 5.74) is 11.4. The number of hydrazone groups is 1. The SMILES string of the molecule is C=CC(=O)N1CCC(N/C(=C2\C(=N)C(=O)NN=C2N)c2oc3cc(C)ccc3c2C)CC1. The fraction of sp³-hybridized carbons (Fsp3) is 0.304. The van der Waals surface area contributed by atoms with Crippen LogP contribution in [0.25, 0.3) is 16.7 Å². The Bertz CT molecular complexity index is 1200. The van der Waals surface area contributed by atoms with Crippen molar-refractivity contribution in [3.8, 4) is 0 Å². The maximum atomic E-state index is 12.2. The lowest BCUT2D eigenvalue weighted by Gasteiger charge is -2.33. The Morgan fingerprint density at radius 2 is 2.09 bits per heavy atom.